The van der Waals surface area contributed by atoms with Crippen molar-refractivity contribution < 1.29 is 14.4 Å². The number of amides is 3. The summed E-state index contributed by atoms with van der Waals surface area (Å²) in [5, 5.41) is 2.16. The van der Waals surface area contributed by atoms with Crippen molar-refractivity contribution in [2.45, 2.75) is 37.4 Å². The maximum absolute atomic E-state index is 12.7. The zero-order valence-electron chi connectivity index (χ0n) is 15.7. The van der Waals surface area contributed by atoms with E-state index in [0.29, 0.717) is 24.4 Å². The number of rotatable bonds is 3. The van der Waals surface area contributed by atoms with E-state index >= 15 is 0 Å². The lowest BCUT2D eigenvalue weighted by molar-refractivity contribution is -0.135. The minimum atomic E-state index is -0.635. The van der Waals surface area contributed by atoms with Crippen molar-refractivity contribution in [3.8, 4) is 0 Å². The Morgan fingerprint density at radius 1 is 1.32 bits per heavy atom. The maximum Gasteiger partial charge on any atom is 0.288 e. The van der Waals surface area contributed by atoms with Crippen molar-refractivity contribution in [3.05, 3.63) is 33.9 Å². The van der Waals surface area contributed by atoms with Gasteiger partial charge in [0.05, 0.1) is 0 Å². The van der Waals surface area contributed by atoms with Gasteiger partial charge in [0.15, 0.2) is 5.65 Å². The Bertz CT molecular complexity index is 1030. The molecule has 0 radical (unpaired) electrons. The molecule has 4 heterocycles. The first kappa shape index (κ1) is 18.7. The SMILES string of the molecule is Cc1cc(=O)n2[nH]c([C@H]3CCCN(C(=O)C[C@@H]4SC(=O)N(C)C4=O)C3)cc2n1. The summed E-state index contributed by atoms with van der Waals surface area (Å²) < 4.78 is 1.42. The minimum Gasteiger partial charge on any atom is -0.342 e. The number of fused-ring (bicyclic) bond motifs is 1. The fourth-order valence-electron chi connectivity index (χ4n) is 3.77. The number of likely N-dealkylation sites (tertiary alicyclic amines) is 1. The van der Waals surface area contributed by atoms with E-state index in [2.05, 4.69) is 10.1 Å². The van der Waals surface area contributed by atoms with Crippen molar-refractivity contribution in [2.24, 2.45) is 0 Å². The van der Waals surface area contributed by atoms with Gasteiger partial charge in [-0.2, -0.15) is 0 Å². The van der Waals surface area contributed by atoms with Crippen LogP contribution in [0.25, 0.3) is 5.65 Å². The van der Waals surface area contributed by atoms with Crippen molar-refractivity contribution in [3.63, 3.8) is 0 Å². The first-order valence-corrected chi connectivity index (χ1v) is 10.1. The first-order chi connectivity index (χ1) is 13.3. The largest absolute Gasteiger partial charge is 0.342 e. The number of carbonyl (C=O) groups is 3. The van der Waals surface area contributed by atoms with Crippen LogP contribution >= 0.6 is 11.8 Å². The standard InChI is InChI=1S/C18H21N5O4S/c1-10-6-16(25)23-14(19-10)7-12(20-23)11-4-3-5-22(9-11)15(24)8-13-17(26)21(2)18(27)28-13/h6-7,11,13,20H,3-5,8-9H2,1-2H3/t11-,13-/m0/s1. The highest BCUT2D eigenvalue weighted by Crippen LogP contribution is 2.31. The molecular formula is C18H21N5O4S. The number of nitrogens with one attached hydrogen (secondary N) is 1. The lowest BCUT2D eigenvalue weighted by Crippen LogP contribution is -2.41. The molecule has 0 spiro atoms. The molecule has 0 aromatic carbocycles. The van der Waals surface area contributed by atoms with E-state index < -0.39 is 5.25 Å². The Hall–Kier alpha value is -2.62. The monoisotopic (exact) mass is 403 g/mol. The van der Waals surface area contributed by atoms with Crippen LogP contribution < -0.4 is 5.56 Å². The van der Waals surface area contributed by atoms with Crippen LogP contribution in [-0.2, 0) is 9.59 Å². The van der Waals surface area contributed by atoms with Gasteiger partial charge in [-0.25, -0.2) is 9.50 Å². The third-order valence-corrected chi connectivity index (χ3v) is 6.42. The quantitative estimate of drug-likeness (QED) is 0.823. The van der Waals surface area contributed by atoms with Crippen LogP contribution in [0.1, 0.15) is 36.6 Å². The summed E-state index contributed by atoms with van der Waals surface area (Å²) in [5.74, 6) is -0.371. The molecule has 2 aliphatic heterocycles. The Morgan fingerprint density at radius 3 is 2.82 bits per heavy atom. The maximum atomic E-state index is 12.7. The fourth-order valence-corrected chi connectivity index (χ4v) is 4.75. The van der Waals surface area contributed by atoms with E-state index in [1.165, 1.54) is 17.6 Å². The van der Waals surface area contributed by atoms with Gasteiger partial charge in [0.1, 0.15) is 5.25 Å². The van der Waals surface area contributed by atoms with Crippen molar-refractivity contribution in [1.29, 1.82) is 0 Å². The molecule has 3 amide bonds. The van der Waals surface area contributed by atoms with E-state index in [-0.39, 0.29) is 35.0 Å². The van der Waals surface area contributed by atoms with Gasteiger partial charge in [0.2, 0.25) is 11.8 Å². The second-order valence-corrected chi connectivity index (χ2v) is 8.45. The van der Waals surface area contributed by atoms with E-state index in [9.17, 15) is 19.2 Å². The second-order valence-electron chi connectivity index (χ2n) is 7.29. The van der Waals surface area contributed by atoms with Gasteiger partial charge < -0.3 is 4.90 Å². The summed E-state index contributed by atoms with van der Waals surface area (Å²) in [6.45, 7) is 2.91. The molecule has 2 atom stereocenters. The Kier molecular flexibility index (Phi) is 4.74. The smallest absolute Gasteiger partial charge is 0.288 e. The number of aromatic nitrogens is 3. The third kappa shape index (κ3) is 3.32. The minimum absolute atomic E-state index is 0.0270. The third-order valence-electron chi connectivity index (χ3n) is 5.30. The number of thioether (sulfide) groups is 1. The zero-order valence-corrected chi connectivity index (χ0v) is 16.5. The summed E-state index contributed by atoms with van der Waals surface area (Å²) in [6.07, 6.45) is 1.75. The van der Waals surface area contributed by atoms with Gasteiger partial charge in [0.25, 0.3) is 10.8 Å². The molecule has 2 aliphatic rings. The molecule has 2 aromatic rings. The average Bonchev–Trinajstić information content (AvgIpc) is 3.19. The highest BCUT2D eigenvalue weighted by molar-refractivity contribution is 8.15. The number of carbonyl (C=O) groups excluding carboxylic acids is 3. The molecule has 10 heteroatoms. The molecule has 2 saturated heterocycles. The molecule has 2 aromatic heterocycles. The van der Waals surface area contributed by atoms with Crippen molar-refractivity contribution >= 4 is 34.5 Å². The number of aryl methyl sites for hydroxylation is 1. The Morgan fingerprint density at radius 2 is 2.11 bits per heavy atom. The van der Waals surface area contributed by atoms with E-state index in [4.69, 9.17) is 0 Å². The number of imide groups is 1. The van der Waals surface area contributed by atoms with E-state index in [1.54, 1.807) is 11.8 Å². The fraction of sp³-hybridized carbons (Fsp3) is 0.500. The summed E-state index contributed by atoms with van der Waals surface area (Å²) in [6, 6.07) is 3.33. The molecule has 148 valence electrons. The van der Waals surface area contributed by atoms with Crippen LogP contribution in [0.5, 0.6) is 0 Å². The lowest BCUT2D eigenvalue weighted by Gasteiger charge is -2.32. The molecule has 28 heavy (non-hydrogen) atoms. The van der Waals surface area contributed by atoms with Gasteiger partial charge in [0, 0.05) is 56.0 Å². The van der Waals surface area contributed by atoms with E-state index in [0.717, 1.165) is 35.2 Å². The number of aromatic amines is 1. The lowest BCUT2D eigenvalue weighted by atomic mass is 9.94. The molecule has 0 aliphatic carbocycles. The molecule has 2 fully saturated rings. The van der Waals surface area contributed by atoms with Gasteiger partial charge in [-0.05, 0) is 19.8 Å². The van der Waals surface area contributed by atoms with Crippen LogP contribution in [0.15, 0.2) is 16.9 Å². The predicted molar refractivity (Wildman–Crippen MR) is 103 cm³/mol. The summed E-state index contributed by atoms with van der Waals surface area (Å²) in [5.41, 5.74) is 1.93. The predicted octanol–water partition coefficient (Wildman–Crippen LogP) is 1.12. The topological polar surface area (TPSA) is 108 Å². The summed E-state index contributed by atoms with van der Waals surface area (Å²) in [4.78, 5) is 55.7. The number of hydrogen-bond donors (Lipinski definition) is 1. The number of H-pyrrole nitrogens is 1. The van der Waals surface area contributed by atoms with Crippen LogP contribution in [0, 0.1) is 6.92 Å². The second kappa shape index (κ2) is 7.08. The summed E-state index contributed by atoms with van der Waals surface area (Å²) >= 11 is 0.915. The van der Waals surface area contributed by atoms with Crippen LogP contribution in [0.3, 0.4) is 0 Å². The molecule has 0 bridgehead atoms. The normalized spacial score (nSPS) is 23.1. The Balaban J connectivity index is 1.48. The van der Waals surface area contributed by atoms with E-state index in [1.807, 2.05) is 6.07 Å². The molecule has 0 saturated carbocycles. The molecule has 9 nitrogen and oxygen atoms in total. The molecule has 4 rings (SSSR count). The van der Waals surface area contributed by atoms with Crippen LogP contribution in [0.2, 0.25) is 0 Å². The van der Waals surface area contributed by atoms with Crippen LogP contribution in [0.4, 0.5) is 4.79 Å². The summed E-state index contributed by atoms with van der Waals surface area (Å²) in [7, 11) is 1.44. The number of nitrogens with zero attached hydrogens (tertiary/aromatic N) is 4. The number of hydrogen-bond acceptors (Lipinski definition) is 6. The highest BCUT2D eigenvalue weighted by atomic mass is 32.2. The Labute approximate surface area is 165 Å². The van der Waals surface area contributed by atoms with Crippen molar-refractivity contribution in [2.75, 3.05) is 20.1 Å². The van der Waals surface area contributed by atoms with Gasteiger partial charge in [-0.1, -0.05) is 11.8 Å². The number of piperidine rings is 1. The first-order valence-electron chi connectivity index (χ1n) is 9.19. The molecular weight excluding hydrogens is 382 g/mol. The van der Waals surface area contributed by atoms with Gasteiger partial charge >= 0.3 is 0 Å². The zero-order chi connectivity index (χ0) is 20.0. The highest BCUT2D eigenvalue weighted by Gasteiger charge is 2.39. The molecule has 0 unspecified atom stereocenters. The van der Waals surface area contributed by atoms with Crippen LogP contribution in [-0.4, -0.2) is 66.8 Å². The van der Waals surface area contributed by atoms with Gasteiger partial charge in [-0.15, -0.1) is 0 Å². The van der Waals surface area contributed by atoms with Gasteiger partial charge in [-0.3, -0.25) is 29.2 Å². The molecule has 1 N–H and O–H groups in total. The van der Waals surface area contributed by atoms with Crippen molar-refractivity contribution in [1.82, 2.24) is 24.4 Å². The average molecular weight is 403 g/mol.